The van der Waals surface area contributed by atoms with Crippen LogP contribution in [0.5, 0.6) is 0 Å². The van der Waals surface area contributed by atoms with Crippen molar-refractivity contribution in [2.75, 3.05) is 16.8 Å². The summed E-state index contributed by atoms with van der Waals surface area (Å²) in [4.78, 5) is 46.7. The Bertz CT molecular complexity index is 1030. The van der Waals surface area contributed by atoms with Gasteiger partial charge in [0.2, 0.25) is 5.91 Å². The fourth-order valence-electron chi connectivity index (χ4n) is 4.36. The number of nitrogens with one attached hydrogen (secondary N) is 1. The lowest BCUT2D eigenvalue weighted by atomic mass is 9.90. The van der Waals surface area contributed by atoms with Crippen molar-refractivity contribution >= 4 is 29.2 Å². The number of imide groups is 1. The van der Waals surface area contributed by atoms with Crippen LogP contribution in [0.3, 0.4) is 0 Å². The zero-order chi connectivity index (χ0) is 23.6. The van der Waals surface area contributed by atoms with Crippen molar-refractivity contribution in [2.45, 2.75) is 65.8 Å². The number of benzene rings is 1. The van der Waals surface area contributed by atoms with Gasteiger partial charge in [-0.15, -0.1) is 0 Å². The predicted molar refractivity (Wildman–Crippen MR) is 126 cm³/mol. The molecule has 32 heavy (non-hydrogen) atoms. The third-order valence-corrected chi connectivity index (χ3v) is 6.31. The van der Waals surface area contributed by atoms with Gasteiger partial charge < -0.3 is 5.32 Å². The van der Waals surface area contributed by atoms with Crippen LogP contribution in [0.2, 0.25) is 0 Å². The van der Waals surface area contributed by atoms with Crippen LogP contribution < -0.4 is 10.2 Å². The van der Waals surface area contributed by atoms with Gasteiger partial charge in [-0.05, 0) is 55.9 Å². The van der Waals surface area contributed by atoms with Gasteiger partial charge >= 0.3 is 6.03 Å². The second kappa shape index (κ2) is 9.10. The number of urea groups is 1. The average Bonchev–Trinajstić information content (AvgIpc) is 2.97. The highest BCUT2D eigenvalue weighted by molar-refractivity contribution is 6.18. The maximum absolute atomic E-state index is 13.4. The van der Waals surface area contributed by atoms with Crippen molar-refractivity contribution in [1.82, 2.24) is 9.88 Å². The molecular formula is C25H32N4O3. The van der Waals surface area contributed by atoms with E-state index in [-0.39, 0.29) is 18.4 Å². The predicted octanol–water partition coefficient (Wildman–Crippen LogP) is 4.79. The maximum atomic E-state index is 13.4. The summed E-state index contributed by atoms with van der Waals surface area (Å²) in [7, 11) is 0. The van der Waals surface area contributed by atoms with Crippen molar-refractivity contribution in [3.05, 3.63) is 53.3 Å². The first-order valence-corrected chi connectivity index (χ1v) is 11.1. The van der Waals surface area contributed by atoms with Crippen LogP contribution in [0.4, 0.5) is 16.2 Å². The standard InChI is InChI=1S/C25H32N4O3/c1-7-25(8-2)23(31)28(24(32)29(25)19-13-12-18(6)26-14-19)15-21(30)27-22-17(5)10-9-11-20(22)16(3)4/h9-14,16H,7-8,15H2,1-6H3,(H,27,30). The number of para-hydroxylation sites is 1. The van der Waals surface area contributed by atoms with E-state index < -0.39 is 17.5 Å². The summed E-state index contributed by atoms with van der Waals surface area (Å²) >= 11 is 0. The van der Waals surface area contributed by atoms with Crippen LogP contribution in [0.15, 0.2) is 36.5 Å². The molecule has 0 radical (unpaired) electrons. The van der Waals surface area contributed by atoms with E-state index in [1.807, 2.05) is 52.0 Å². The summed E-state index contributed by atoms with van der Waals surface area (Å²) in [6.45, 7) is 11.3. The largest absolute Gasteiger partial charge is 0.332 e. The SMILES string of the molecule is CCC1(CC)C(=O)N(CC(=O)Nc2c(C)cccc2C(C)C)C(=O)N1c1ccc(C)nc1. The Balaban J connectivity index is 1.90. The molecule has 1 fully saturated rings. The molecule has 0 aliphatic carbocycles. The molecule has 2 heterocycles. The summed E-state index contributed by atoms with van der Waals surface area (Å²) in [5, 5.41) is 2.94. The van der Waals surface area contributed by atoms with Gasteiger partial charge in [0.15, 0.2) is 0 Å². The van der Waals surface area contributed by atoms with Crippen LogP contribution >= 0.6 is 0 Å². The molecule has 7 nitrogen and oxygen atoms in total. The Morgan fingerprint density at radius 1 is 1.09 bits per heavy atom. The second-order valence-corrected chi connectivity index (χ2v) is 8.65. The summed E-state index contributed by atoms with van der Waals surface area (Å²) in [5.41, 5.74) is 3.04. The van der Waals surface area contributed by atoms with Gasteiger partial charge in [0.05, 0.1) is 11.9 Å². The molecule has 0 unspecified atom stereocenters. The van der Waals surface area contributed by atoms with E-state index in [4.69, 9.17) is 0 Å². The molecule has 1 aromatic carbocycles. The van der Waals surface area contributed by atoms with Gasteiger partial charge in [0, 0.05) is 11.4 Å². The number of carbonyl (C=O) groups is 3. The number of anilines is 2. The van der Waals surface area contributed by atoms with Gasteiger partial charge in [-0.3, -0.25) is 24.4 Å². The lowest BCUT2D eigenvalue weighted by Gasteiger charge is -2.33. The van der Waals surface area contributed by atoms with E-state index >= 15 is 0 Å². The molecule has 0 saturated carbocycles. The Morgan fingerprint density at radius 3 is 2.34 bits per heavy atom. The Morgan fingerprint density at radius 2 is 1.78 bits per heavy atom. The Labute approximate surface area is 189 Å². The smallest absolute Gasteiger partial charge is 0.324 e. The number of amides is 4. The fraction of sp³-hybridized carbons (Fsp3) is 0.440. The minimum atomic E-state index is -1.03. The van der Waals surface area contributed by atoms with Crippen molar-refractivity contribution < 1.29 is 14.4 Å². The monoisotopic (exact) mass is 436 g/mol. The van der Waals surface area contributed by atoms with E-state index in [2.05, 4.69) is 24.1 Å². The molecule has 170 valence electrons. The molecule has 1 aliphatic rings. The number of aromatic nitrogens is 1. The lowest BCUT2D eigenvalue weighted by molar-refractivity contribution is -0.133. The van der Waals surface area contributed by atoms with Crippen LogP contribution in [0, 0.1) is 13.8 Å². The van der Waals surface area contributed by atoms with Crippen molar-refractivity contribution in [3.8, 4) is 0 Å². The number of nitrogens with zero attached hydrogens (tertiary/aromatic N) is 3. The number of hydrogen-bond acceptors (Lipinski definition) is 4. The fourth-order valence-corrected chi connectivity index (χ4v) is 4.36. The molecule has 1 N–H and O–H groups in total. The van der Waals surface area contributed by atoms with Crippen molar-refractivity contribution in [1.29, 1.82) is 0 Å². The molecular weight excluding hydrogens is 404 g/mol. The molecule has 0 bridgehead atoms. The normalized spacial score (nSPS) is 15.6. The number of pyridine rings is 1. The van der Waals surface area contributed by atoms with Crippen molar-refractivity contribution in [3.63, 3.8) is 0 Å². The number of aryl methyl sites for hydroxylation is 2. The zero-order valence-corrected chi connectivity index (χ0v) is 19.7. The molecule has 3 rings (SSSR count). The second-order valence-electron chi connectivity index (χ2n) is 8.65. The summed E-state index contributed by atoms with van der Waals surface area (Å²) in [5.74, 6) is -0.525. The molecule has 2 aromatic rings. The number of hydrogen-bond donors (Lipinski definition) is 1. The highest BCUT2D eigenvalue weighted by Crippen LogP contribution is 2.38. The van der Waals surface area contributed by atoms with E-state index in [1.165, 1.54) is 4.90 Å². The Kier molecular flexibility index (Phi) is 6.67. The van der Waals surface area contributed by atoms with Crippen LogP contribution in [-0.4, -0.2) is 39.8 Å². The first kappa shape index (κ1) is 23.4. The summed E-state index contributed by atoms with van der Waals surface area (Å²) < 4.78 is 0. The van der Waals surface area contributed by atoms with Gasteiger partial charge in [-0.25, -0.2) is 4.79 Å². The molecule has 7 heteroatoms. The number of rotatable bonds is 7. The molecule has 0 spiro atoms. The molecule has 4 amide bonds. The number of carbonyl (C=O) groups excluding carboxylic acids is 3. The third kappa shape index (κ3) is 3.99. The Hall–Kier alpha value is -3.22. The molecule has 0 atom stereocenters. The van der Waals surface area contributed by atoms with E-state index in [0.717, 1.165) is 27.4 Å². The lowest BCUT2D eigenvalue weighted by Crippen LogP contribution is -2.49. The summed E-state index contributed by atoms with van der Waals surface area (Å²) in [6.07, 6.45) is 2.48. The van der Waals surface area contributed by atoms with Crippen LogP contribution in [0.1, 0.15) is 63.3 Å². The quantitative estimate of drug-likeness (QED) is 0.633. The first-order chi connectivity index (χ1) is 15.2. The van der Waals surface area contributed by atoms with E-state index in [9.17, 15) is 14.4 Å². The van der Waals surface area contributed by atoms with Crippen LogP contribution in [0.25, 0.3) is 0 Å². The molecule has 1 saturated heterocycles. The average molecular weight is 437 g/mol. The van der Waals surface area contributed by atoms with E-state index in [1.54, 1.807) is 12.3 Å². The van der Waals surface area contributed by atoms with Gasteiger partial charge in [-0.2, -0.15) is 0 Å². The summed E-state index contributed by atoms with van der Waals surface area (Å²) in [6, 6.07) is 8.97. The third-order valence-electron chi connectivity index (χ3n) is 6.31. The van der Waals surface area contributed by atoms with Gasteiger partial charge in [-0.1, -0.05) is 45.9 Å². The van der Waals surface area contributed by atoms with E-state index in [0.29, 0.717) is 18.5 Å². The topological polar surface area (TPSA) is 82.6 Å². The minimum absolute atomic E-state index is 0.220. The van der Waals surface area contributed by atoms with Gasteiger partial charge in [0.25, 0.3) is 5.91 Å². The first-order valence-electron chi connectivity index (χ1n) is 11.1. The maximum Gasteiger partial charge on any atom is 0.332 e. The molecule has 1 aliphatic heterocycles. The van der Waals surface area contributed by atoms with Crippen molar-refractivity contribution in [2.24, 2.45) is 0 Å². The van der Waals surface area contributed by atoms with Gasteiger partial charge in [0.1, 0.15) is 12.1 Å². The molecule has 1 aromatic heterocycles. The highest BCUT2D eigenvalue weighted by Gasteiger charge is 2.56. The minimum Gasteiger partial charge on any atom is -0.324 e. The zero-order valence-electron chi connectivity index (χ0n) is 19.7. The highest BCUT2D eigenvalue weighted by atomic mass is 16.2. The van der Waals surface area contributed by atoms with Crippen LogP contribution in [-0.2, 0) is 9.59 Å².